The number of nitrogens with one attached hydrogen (secondary N) is 1. The number of carbonyl (C=O) groups excluding carboxylic acids is 1. The van der Waals surface area contributed by atoms with Crippen molar-refractivity contribution in [3.63, 3.8) is 0 Å². The van der Waals surface area contributed by atoms with Gasteiger partial charge in [0.25, 0.3) is 5.60 Å². The number of sulfone groups is 1. The van der Waals surface area contributed by atoms with Crippen LogP contribution in [0.15, 0.2) is 71.6 Å². The lowest BCUT2D eigenvalue weighted by Crippen LogP contribution is -2.56. The number of carbonyl (C=O) groups is 1. The second kappa shape index (κ2) is 14.3. The number of likely N-dealkylation sites (tertiary alicyclic amines) is 1. The summed E-state index contributed by atoms with van der Waals surface area (Å²) in [5.41, 5.74) is -9.70. The Morgan fingerprint density at radius 2 is 1.41 bits per heavy atom. The largest absolute Gasteiger partial charge is 0.430 e. The van der Waals surface area contributed by atoms with Crippen LogP contribution >= 0.6 is 12.4 Å². The first-order valence-corrected chi connectivity index (χ1v) is 16.6. The molecule has 18 heteroatoms. The van der Waals surface area contributed by atoms with Gasteiger partial charge in [0.2, 0.25) is 5.91 Å². The van der Waals surface area contributed by atoms with Gasteiger partial charge in [-0.15, -0.1) is 12.4 Å². The van der Waals surface area contributed by atoms with Crippen molar-refractivity contribution >= 4 is 28.2 Å². The monoisotopic (exact) mass is 769 g/mol. The summed E-state index contributed by atoms with van der Waals surface area (Å²) in [5, 5.41) is 13.0. The first-order valence-electron chi connectivity index (χ1n) is 15.1. The topological polar surface area (TPSA) is 99.5 Å². The molecule has 0 aliphatic carbocycles. The zero-order valence-corrected chi connectivity index (χ0v) is 27.9. The van der Waals surface area contributed by atoms with E-state index in [1.165, 1.54) is 0 Å². The maximum absolute atomic E-state index is 14.5. The summed E-state index contributed by atoms with van der Waals surface area (Å²) >= 11 is 0. The molecule has 2 aliphatic rings. The van der Waals surface area contributed by atoms with E-state index in [0.29, 0.717) is 49.5 Å². The molecule has 276 valence electrons. The van der Waals surface area contributed by atoms with Crippen molar-refractivity contribution in [3.05, 3.63) is 101 Å². The van der Waals surface area contributed by atoms with Crippen molar-refractivity contribution in [2.75, 3.05) is 26.2 Å². The van der Waals surface area contributed by atoms with Crippen LogP contribution in [-0.2, 0) is 36.3 Å². The van der Waals surface area contributed by atoms with Crippen molar-refractivity contribution < 1.29 is 57.5 Å². The first kappa shape index (κ1) is 39.9. The molecular weight excluding hydrogens is 741 g/mol. The molecular formula is C33H29ClF9N3O4S. The molecule has 1 N–H and O–H groups in total. The van der Waals surface area contributed by atoms with E-state index in [9.17, 15) is 58.0 Å². The smallest absolute Gasteiger partial charge is 0.349 e. The average Bonchev–Trinajstić information content (AvgIpc) is 3.53. The van der Waals surface area contributed by atoms with E-state index in [4.69, 9.17) is 0 Å². The molecule has 0 spiro atoms. The lowest BCUT2D eigenvalue weighted by Gasteiger charge is -2.38. The summed E-state index contributed by atoms with van der Waals surface area (Å²) in [5.74, 6) is -4.38. The van der Waals surface area contributed by atoms with Crippen molar-refractivity contribution in [1.82, 2.24) is 10.2 Å². The lowest BCUT2D eigenvalue weighted by molar-refractivity contribution is -0.392. The van der Waals surface area contributed by atoms with Gasteiger partial charge in [-0.2, -0.15) is 31.6 Å². The first-order chi connectivity index (χ1) is 23.3. The Kier molecular flexibility index (Phi) is 11.2. The van der Waals surface area contributed by atoms with Gasteiger partial charge in [0.15, 0.2) is 9.84 Å². The van der Waals surface area contributed by atoms with E-state index < -0.39 is 90.5 Å². The van der Waals surface area contributed by atoms with Crippen molar-refractivity contribution in [2.24, 2.45) is 5.41 Å². The SMILES string of the molecule is Cl.N#CC1(C(=O)N2CC[C@](c3ccc(C(OCc4c(F)cccc4F)(C(F)(F)F)C(F)(F)F)cc3)(S(=O)(=O)c3ccc(F)cc3)C2)CCNCC1. The van der Waals surface area contributed by atoms with Crippen LogP contribution in [0.5, 0.6) is 0 Å². The van der Waals surface area contributed by atoms with Gasteiger partial charge in [-0.05, 0) is 74.3 Å². The summed E-state index contributed by atoms with van der Waals surface area (Å²) < 4.78 is 160. The van der Waals surface area contributed by atoms with Gasteiger partial charge in [0.05, 0.1) is 17.6 Å². The molecule has 3 aromatic carbocycles. The van der Waals surface area contributed by atoms with E-state index in [2.05, 4.69) is 10.1 Å². The zero-order chi connectivity index (χ0) is 36.8. The molecule has 51 heavy (non-hydrogen) atoms. The van der Waals surface area contributed by atoms with Crippen LogP contribution < -0.4 is 5.32 Å². The number of rotatable bonds is 8. The molecule has 3 aromatic rings. The fourth-order valence-electron chi connectivity index (χ4n) is 6.53. The third-order valence-electron chi connectivity index (χ3n) is 9.35. The molecule has 2 fully saturated rings. The third kappa shape index (κ3) is 6.78. The predicted molar refractivity (Wildman–Crippen MR) is 165 cm³/mol. The van der Waals surface area contributed by atoms with Crippen LogP contribution in [0.25, 0.3) is 0 Å². The second-order valence-electron chi connectivity index (χ2n) is 12.1. The van der Waals surface area contributed by atoms with Gasteiger partial charge >= 0.3 is 12.4 Å². The number of piperidine rings is 1. The van der Waals surface area contributed by atoms with E-state index in [1.807, 2.05) is 6.07 Å². The summed E-state index contributed by atoms with van der Waals surface area (Å²) in [6, 6.07) is 9.82. The Balaban J connectivity index is 0.00000583. The van der Waals surface area contributed by atoms with Crippen LogP contribution in [-0.4, -0.2) is 57.8 Å². The predicted octanol–water partition coefficient (Wildman–Crippen LogP) is 6.86. The number of amides is 1. The second-order valence-corrected chi connectivity index (χ2v) is 14.4. The number of nitrogens with zero attached hydrogens (tertiary/aromatic N) is 2. The van der Waals surface area contributed by atoms with E-state index in [1.54, 1.807) is 0 Å². The fraction of sp³-hybridized carbons (Fsp3) is 0.394. The number of alkyl halides is 6. The minimum atomic E-state index is -6.25. The highest BCUT2D eigenvalue weighted by Crippen LogP contribution is 2.54. The van der Waals surface area contributed by atoms with Crippen LogP contribution in [0.4, 0.5) is 39.5 Å². The van der Waals surface area contributed by atoms with Gasteiger partial charge in [0, 0.05) is 24.2 Å². The van der Waals surface area contributed by atoms with Crippen LogP contribution in [0.1, 0.15) is 36.0 Å². The van der Waals surface area contributed by atoms with Gasteiger partial charge in [0.1, 0.15) is 27.6 Å². The number of nitriles is 1. The molecule has 1 amide bonds. The Morgan fingerprint density at radius 3 is 1.92 bits per heavy atom. The highest BCUT2D eigenvalue weighted by atomic mass is 35.5. The van der Waals surface area contributed by atoms with E-state index in [0.717, 1.165) is 35.2 Å². The van der Waals surface area contributed by atoms with Crippen LogP contribution in [0, 0.1) is 34.2 Å². The molecule has 2 heterocycles. The molecule has 7 nitrogen and oxygen atoms in total. The quantitative estimate of drug-likeness (QED) is 0.199. The lowest BCUT2D eigenvalue weighted by atomic mass is 9.79. The van der Waals surface area contributed by atoms with Crippen LogP contribution in [0.3, 0.4) is 0 Å². The molecule has 1 atom stereocenters. The van der Waals surface area contributed by atoms with Crippen molar-refractivity contribution in [3.8, 4) is 6.07 Å². The highest BCUT2D eigenvalue weighted by molar-refractivity contribution is 7.92. The summed E-state index contributed by atoms with van der Waals surface area (Å²) in [6.07, 6.45) is -12.7. The average molecular weight is 770 g/mol. The van der Waals surface area contributed by atoms with Gasteiger partial charge in [-0.1, -0.05) is 30.3 Å². The number of ether oxygens (including phenoxy) is 1. The molecule has 0 unspecified atom stereocenters. The van der Waals surface area contributed by atoms with Crippen molar-refractivity contribution in [1.29, 1.82) is 5.26 Å². The molecule has 2 aliphatic heterocycles. The minimum Gasteiger partial charge on any atom is -0.349 e. The Hall–Kier alpha value is -3.85. The zero-order valence-electron chi connectivity index (χ0n) is 26.3. The highest BCUT2D eigenvalue weighted by Gasteiger charge is 2.73. The third-order valence-corrected chi connectivity index (χ3v) is 11.8. The fourth-order valence-corrected chi connectivity index (χ4v) is 8.61. The van der Waals surface area contributed by atoms with Gasteiger partial charge in [-0.3, -0.25) is 4.79 Å². The normalized spacial score (nSPS) is 19.6. The van der Waals surface area contributed by atoms with E-state index >= 15 is 0 Å². The van der Waals surface area contributed by atoms with Crippen LogP contribution in [0.2, 0.25) is 0 Å². The maximum Gasteiger partial charge on any atom is 0.430 e. The molecule has 0 bridgehead atoms. The molecule has 0 saturated carbocycles. The molecule has 0 radical (unpaired) electrons. The number of hydrogen-bond acceptors (Lipinski definition) is 6. The van der Waals surface area contributed by atoms with E-state index in [-0.39, 0.29) is 43.8 Å². The summed E-state index contributed by atoms with van der Waals surface area (Å²) in [4.78, 5) is 14.4. The Bertz CT molecular complexity index is 1860. The Labute approximate surface area is 292 Å². The van der Waals surface area contributed by atoms with Gasteiger partial charge in [-0.25, -0.2) is 21.6 Å². The molecule has 2 saturated heterocycles. The summed E-state index contributed by atoms with van der Waals surface area (Å²) in [6.45, 7) is -2.02. The summed E-state index contributed by atoms with van der Waals surface area (Å²) in [7, 11) is -4.67. The minimum absolute atomic E-state index is 0. The Morgan fingerprint density at radius 1 is 0.863 bits per heavy atom. The van der Waals surface area contributed by atoms with Gasteiger partial charge < -0.3 is 15.0 Å². The van der Waals surface area contributed by atoms with Crippen molar-refractivity contribution in [2.45, 2.75) is 53.5 Å². The number of benzene rings is 3. The molecule has 0 aromatic heterocycles. The molecule has 5 rings (SSSR count). The standard InChI is InChI=1S/C33H28F9N3O4S.ClH/c34-23-8-10-24(11-9-23)50(47,48)30(14-17-45(20-30)28(46)29(19-43)12-15-44-16-13-29)21-4-6-22(7-5-21)31(32(37,38)39,33(40,41)42)49-18-25-26(35)2-1-3-27(25)36;/h1-11,44H,12-18,20H2;1H/t30-;/m0./s1. The number of hydrogen-bond donors (Lipinski definition) is 1. The maximum atomic E-state index is 14.5. The number of halogens is 10.